The van der Waals surface area contributed by atoms with Crippen LogP contribution < -0.4 is 9.80 Å². The van der Waals surface area contributed by atoms with Crippen molar-refractivity contribution in [2.45, 2.75) is 13.8 Å². The summed E-state index contributed by atoms with van der Waals surface area (Å²) in [6, 6.07) is 115. The van der Waals surface area contributed by atoms with E-state index in [2.05, 4.69) is 348 Å². The largest absolute Gasteiger partial charge is 0.453 e. The standard InChI is InChI=1S/C92H58N4O2/c1-55-51-53-67-65-41-21-39-63(57-27-9-3-10-28-57)89(65)97-91(67)83(55)93(61-35-17-7-18-36-61)73-47-25-49-75-79(73)69-43-23-45-71-81-78(60-33-15-6-16-34-60)88-82(77(59-31-13-5-14-32-59)87(81)95(75)85(69)71)72-46-24-44-70-80-74(48-26-50-76(80)96(88)86(70)72)94(62-37-19-8-20-38-62)84-56(2)52-54-68-66-42-22-40-64(90(66)98-92(68)84)58-29-11-4-12-30-58/h3-54H,1-2H3. The summed E-state index contributed by atoms with van der Waals surface area (Å²) < 4.78 is 19.9. The molecule has 0 fully saturated rings. The zero-order chi connectivity index (χ0) is 64.4. The number of nitrogens with zero attached hydrogens (tertiary/aromatic N) is 4. The van der Waals surface area contributed by atoms with Gasteiger partial charge in [-0.3, -0.25) is 0 Å². The number of hydrogen-bond acceptors (Lipinski definition) is 4. The van der Waals surface area contributed by atoms with E-state index < -0.39 is 0 Å². The van der Waals surface area contributed by atoms with Crippen LogP contribution in [0.3, 0.4) is 0 Å². The molecule has 6 heterocycles. The quantitative estimate of drug-likeness (QED) is 0.137. The summed E-state index contributed by atoms with van der Waals surface area (Å²) in [6.07, 6.45) is 0. The minimum absolute atomic E-state index is 0.849. The van der Waals surface area contributed by atoms with E-state index in [1.54, 1.807) is 0 Å². The van der Waals surface area contributed by atoms with Crippen molar-refractivity contribution in [3.05, 3.63) is 327 Å². The number of benzene rings is 15. The van der Waals surface area contributed by atoms with Gasteiger partial charge in [0.25, 0.3) is 0 Å². The topological polar surface area (TPSA) is 41.6 Å². The molecule has 0 radical (unpaired) electrons. The zero-order valence-electron chi connectivity index (χ0n) is 53.6. The van der Waals surface area contributed by atoms with E-state index in [4.69, 9.17) is 8.83 Å². The first-order chi connectivity index (χ1) is 48.6. The van der Waals surface area contributed by atoms with E-state index in [0.29, 0.717) is 0 Å². The number of fused-ring (bicyclic) bond motifs is 18. The molecule has 0 aliphatic rings. The predicted octanol–water partition coefficient (Wildman–Crippen LogP) is 26.0. The predicted molar refractivity (Wildman–Crippen MR) is 411 cm³/mol. The van der Waals surface area contributed by atoms with Crippen LogP contribution in [0.2, 0.25) is 0 Å². The summed E-state index contributed by atoms with van der Waals surface area (Å²) in [5.41, 5.74) is 28.0. The second kappa shape index (κ2) is 20.8. The Morgan fingerprint density at radius 2 is 0.561 bits per heavy atom. The Morgan fingerprint density at radius 3 is 0.949 bits per heavy atom. The van der Waals surface area contributed by atoms with Crippen LogP contribution in [0.15, 0.2) is 324 Å². The molecule has 0 spiro atoms. The molecular formula is C92H58N4O2. The lowest BCUT2D eigenvalue weighted by atomic mass is 9.89. The SMILES string of the molecule is Cc1ccc2c(oc3c(-c4ccccc4)cccc32)c1N(c1ccccc1)c1cccc2c1c1cccc3c4c(-c5ccccc5)c5c(c(-c6ccccc6)c4n2c13)c1cccc2c3c(N(c4ccccc4)c4c(C)ccc6c4oc4c(-c7ccccc7)cccc46)cccc3n5c21. The molecule has 21 aromatic rings. The van der Waals surface area contributed by atoms with Gasteiger partial charge in [0.15, 0.2) is 11.2 Å². The zero-order valence-corrected chi connectivity index (χ0v) is 53.6. The van der Waals surface area contributed by atoms with E-state index in [-0.39, 0.29) is 0 Å². The molecule has 458 valence electrons. The lowest BCUT2D eigenvalue weighted by molar-refractivity contribution is 0.669. The second-order valence-corrected chi connectivity index (χ2v) is 26.2. The summed E-state index contributed by atoms with van der Waals surface area (Å²) in [7, 11) is 0. The summed E-state index contributed by atoms with van der Waals surface area (Å²) in [5.74, 6) is 0. The summed E-state index contributed by atoms with van der Waals surface area (Å²) in [6.45, 7) is 4.44. The van der Waals surface area contributed by atoms with Gasteiger partial charge in [0, 0.05) is 98.3 Å². The average Bonchev–Trinajstić information content (AvgIpc) is 1.49. The van der Waals surface area contributed by atoms with Crippen molar-refractivity contribution in [3.8, 4) is 44.5 Å². The van der Waals surface area contributed by atoms with Crippen molar-refractivity contribution in [1.29, 1.82) is 0 Å². The first-order valence-corrected chi connectivity index (χ1v) is 33.7. The van der Waals surface area contributed by atoms with Crippen LogP contribution in [0.1, 0.15) is 11.1 Å². The third kappa shape index (κ3) is 7.51. The molecule has 0 aliphatic carbocycles. The molecule has 0 saturated carbocycles. The van der Waals surface area contributed by atoms with Crippen LogP contribution in [0, 0.1) is 13.8 Å². The highest BCUT2D eigenvalue weighted by molar-refractivity contribution is 6.39. The number of aryl methyl sites for hydroxylation is 2. The summed E-state index contributed by atoms with van der Waals surface area (Å²) >= 11 is 0. The Kier molecular flexibility index (Phi) is 11.6. The van der Waals surface area contributed by atoms with E-state index in [1.165, 1.54) is 65.5 Å². The highest BCUT2D eigenvalue weighted by Gasteiger charge is 2.34. The molecule has 21 rings (SSSR count). The van der Waals surface area contributed by atoms with Crippen LogP contribution in [0.25, 0.3) is 165 Å². The lowest BCUT2D eigenvalue weighted by Crippen LogP contribution is -2.12. The Bertz CT molecular complexity index is 6380. The lowest BCUT2D eigenvalue weighted by Gasteiger charge is -2.28. The van der Waals surface area contributed by atoms with Gasteiger partial charge >= 0.3 is 0 Å². The first-order valence-electron chi connectivity index (χ1n) is 33.7. The first kappa shape index (κ1) is 54.5. The third-order valence-electron chi connectivity index (χ3n) is 21.0. The highest BCUT2D eigenvalue weighted by Crippen LogP contribution is 2.58. The van der Waals surface area contributed by atoms with E-state index in [9.17, 15) is 0 Å². The van der Waals surface area contributed by atoms with Crippen LogP contribution in [0.4, 0.5) is 34.1 Å². The van der Waals surface area contributed by atoms with E-state index in [0.717, 1.165) is 144 Å². The highest BCUT2D eigenvalue weighted by atomic mass is 16.3. The maximum atomic E-state index is 7.34. The van der Waals surface area contributed by atoms with Crippen LogP contribution in [0.5, 0.6) is 0 Å². The second-order valence-electron chi connectivity index (χ2n) is 26.2. The van der Waals surface area contributed by atoms with Gasteiger partial charge in [-0.05, 0) is 95.8 Å². The molecule has 0 unspecified atom stereocenters. The number of furan rings is 2. The van der Waals surface area contributed by atoms with Crippen LogP contribution >= 0.6 is 0 Å². The number of rotatable bonds is 10. The Morgan fingerprint density at radius 1 is 0.245 bits per heavy atom. The van der Waals surface area contributed by atoms with Crippen molar-refractivity contribution < 1.29 is 8.83 Å². The number of aromatic nitrogens is 2. The van der Waals surface area contributed by atoms with Crippen LogP contribution in [-0.2, 0) is 0 Å². The normalized spacial score (nSPS) is 12.2. The minimum Gasteiger partial charge on any atom is -0.453 e. The van der Waals surface area contributed by atoms with E-state index in [1.807, 2.05) is 0 Å². The van der Waals surface area contributed by atoms with Crippen molar-refractivity contribution in [2.75, 3.05) is 9.80 Å². The van der Waals surface area contributed by atoms with Crippen molar-refractivity contribution in [3.63, 3.8) is 0 Å². The number of hydrogen-bond donors (Lipinski definition) is 0. The van der Waals surface area contributed by atoms with Gasteiger partial charge < -0.3 is 27.4 Å². The molecule has 0 atom stereocenters. The van der Waals surface area contributed by atoms with Gasteiger partial charge in [0.05, 0.1) is 55.8 Å². The smallest absolute Gasteiger partial charge is 0.159 e. The van der Waals surface area contributed by atoms with Gasteiger partial charge in [-0.2, -0.15) is 0 Å². The Hall–Kier alpha value is -12.9. The molecule has 0 N–H and O–H groups in total. The molecule has 0 bridgehead atoms. The van der Waals surface area contributed by atoms with Crippen molar-refractivity contribution in [1.82, 2.24) is 8.80 Å². The van der Waals surface area contributed by atoms with Gasteiger partial charge in [-0.25, -0.2) is 0 Å². The van der Waals surface area contributed by atoms with Gasteiger partial charge in [0.1, 0.15) is 11.2 Å². The van der Waals surface area contributed by atoms with Gasteiger partial charge in [0.2, 0.25) is 0 Å². The third-order valence-corrected chi connectivity index (χ3v) is 21.0. The molecule has 0 aliphatic heterocycles. The molecular weight excluding hydrogens is 1190 g/mol. The maximum Gasteiger partial charge on any atom is 0.159 e. The van der Waals surface area contributed by atoms with Gasteiger partial charge in [-0.15, -0.1) is 0 Å². The Balaban J connectivity index is 0.876. The number of para-hydroxylation sites is 6. The molecule has 0 saturated heterocycles. The molecule has 98 heavy (non-hydrogen) atoms. The monoisotopic (exact) mass is 1250 g/mol. The fraction of sp³-hybridized carbons (Fsp3) is 0.0217. The summed E-state index contributed by atoms with van der Waals surface area (Å²) in [4.78, 5) is 4.93. The van der Waals surface area contributed by atoms with E-state index >= 15 is 0 Å². The van der Waals surface area contributed by atoms with Crippen molar-refractivity contribution in [2.24, 2.45) is 0 Å². The van der Waals surface area contributed by atoms with Gasteiger partial charge in [-0.1, -0.05) is 267 Å². The molecule has 0 amide bonds. The average molecular weight is 1250 g/mol. The number of anilines is 6. The van der Waals surface area contributed by atoms with Crippen molar-refractivity contribution >= 4 is 154 Å². The Labute approximate surface area is 563 Å². The fourth-order valence-electron chi connectivity index (χ4n) is 17.0. The van der Waals surface area contributed by atoms with Crippen LogP contribution in [-0.4, -0.2) is 8.80 Å². The molecule has 6 nitrogen and oxygen atoms in total. The molecule has 6 aromatic heterocycles. The molecule has 15 aromatic carbocycles. The fourth-order valence-corrected chi connectivity index (χ4v) is 17.0. The minimum atomic E-state index is 0.849. The summed E-state index contributed by atoms with van der Waals surface area (Å²) in [5, 5.41) is 13.8. The maximum absolute atomic E-state index is 7.34. The molecule has 6 heteroatoms.